The monoisotopic (exact) mass is 417 g/mol. The molecule has 3 unspecified atom stereocenters. The van der Waals surface area contributed by atoms with E-state index in [0.29, 0.717) is 0 Å². The Morgan fingerprint density at radius 1 is 1.56 bits per heavy atom. The molecule has 1 aromatic rings. The lowest BCUT2D eigenvalue weighted by atomic mass is 10.1. The number of aromatic amines is 1. The van der Waals surface area contributed by atoms with E-state index in [4.69, 9.17) is 19.9 Å². The van der Waals surface area contributed by atoms with Crippen molar-refractivity contribution < 1.29 is 19.0 Å². The fraction of sp³-hybridized carbons (Fsp3) is 0.533. The van der Waals surface area contributed by atoms with Crippen molar-refractivity contribution in [1.82, 2.24) is 9.55 Å². The highest BCUT2D eigenvalue weighted by atomic mass is 79.9. The molecule has 25 heavy (non-hydrogen) atoms. The Kier molecular flexibility index (Phi) is 6.71. The standard InChI is InChI=1S/C15H20BrN3O6/c1-8(2)12(17)14(21)24-7-11-23-6-10(25-11)19-5-9(3-4-16)13(20)18-15(19)22/h3-5,8,10-12H,6-7,17H2,1-2H3,(H,18,20,22). The van der Waals surface area contributed by atoms with Gasteiger partial charge in [0, 0.05) is 6.20 Å². The Balaban J connectivity index is 2.01. The van der Waals surface area contributed by atoms with Gasteiger partial charge in [-0.3, -0.25) is 19.1 Å². The summed E-state index contributed by atoms with van der Waals surface area (Å²) in [5.41, 5.74) is 4.84. The maximum absolute atomic E-state index is 12.0. The maximum atomic E-state index is 12.0. The molecule has 0 spiro atoms. The van der Waals surface area contributed by atoms with Gasteiger partial charge in [0.2, 0.25) is 0 Å². The molecule has 3 atom stereocenters. The number of carbonyl (C=O) groups excluding carboxylic acids is 1. The second kappa shape index (κ2) is 8.56. The van der Waals surface area contributed by atoms with E-state index >= 15 is 0 Å². The molecule has 1 aliphatic heterocycles. The zero-order valence-corrected chi connectivity index (χ0v) is 15.4. The van der Waals surface area contributed by atoms with E-state index in [9.17, 15) is 14.4 Å². The Labute approximate surface area is 151 Å². The van der Waals surface area contributed by atoms with Gasteiger partial charge in [-0.1, -0.05) is 29.8 Å². The second-order valence-corrected chi connectivity index (χ2v) is 6.33. The Morgan fingerprint density at radius 3 is 2.92 bits per heavy atom. The molecular weight excluding hydrogens is 398 g/mol. The molecule has 0 bridgehead atoms. The average molecular weight is 418 g/mol. The largest absolute Gasteiger partial charge is 0.459 e. The lowest BCUT2D eigenvalue weighted by Gasteiger charge is -2.17. The highest BCUT2D eigenvalue weighted by Gasteiger charge is 2.30. The van der Waals surface area contributed by atoms with Crippen molar-refractivity contribution in [2.45, 2.75) is 32.4 Å². The molecule has 0 radical (unpaired) electrons. The van der Waals surface area contributed by atoms with Gasteiger partial charge in [0.05, 0.1) is 12.2 Å². The van der Waals surface area contributed by atoms with Gasteiger partial charge < -0.3 is 19.9 Å². The van der Waals surface area contributed by atoms with E-state index in [1.807, 2.05) is 13.8 Å². The second-order valence-electron chi connectivity index (χ2n) is 5.80. The quantitative estimate of drug-likeness (QED) is 0.637. The molecule has 10 heteroatoms. The summed E-state index contributed by atoms with van der Waals surface area (Å²) in [5, 5.41) is 0. The minimum Gasteiger partial charge on any atom is -0.459 e. The van der Waals surface area contributed by atoms with E-state index in [2.05, 4.69) is 20.9 Å². The van der Waals surface area contributed by atoms with Crippen LogP contribution in [0, 0.1) is 5.92 Å². The van der Waals surface area contributed by atoms with Crippen molar-refractivity contribution in [2.24, 2.45) is 11.7 Å². The smallest absolute Gasteiger partial charge is 0.330 e. The van der Waals surface area contributed by atoms with E-state index < -0.39 is 35.8 Å². The number of nitrogens with zero attached hydrogens (tertiary/aromatic N) is 1. The first-order chi connectivity index (χ1) is 11.8. The minimum atomic E-state index is -0.817. The number of hydrogen-bond donors (Lipinski definition) is 2. The first-order valence-corrected chi connectivity index (χ1v) is 8.56. The number of aromatic nitrogens is 2. The number of carbonyl (C=O) groups is 1. The highest BCUT2D eigenvalue weighted by Crippen LogP contribution is 2.20. The van der Waals surface area contributed by atoms with Crippen LogP contribution in [-0.4, -0.2) is 41.1 Å². The first kappa shape index (κ1) is 19.6. The number of nitrogens with one attached hydrogen (secondary N) is 1. The number of rotatable bonds is 6. The van der Waals surface area contributed by atoms with Crippen LogP contribution in [0.2, 0.25) is 0 Å². The normalized spacial score (nSPS) is 21.8. The van der Waals surface area contributed by atoms with Gasteiger partial charge in [0.25, 0.3) is 5.56 Å². The third-order valence-electron chi connectivity index (χ3n) is 3.63. The van der Waals surface area contributed by atoms with E-state index in [1.165, 1.54) is 21.8 Å². The summed E-state index contributed by atoms with van der Waals surface area (Å²) in [4.78, 5) is 39.1. The van der Waals surface area contributed by atoms with E-state index in [-0.39, 0.29) is 24.7 Å². The zero-order valence-electron chi connectivity index (χ0n) is 13.8. The zero-order chi connectivity index (χ0) is 18.6. The molecule has 1 aromatic heterocycles. The Hall–Kier alpha value is -1.75. The third kappa shape index (κ3) is 4.88. The molecule has 9 nitrogen and oxygen atoms in total. The summed E-state index contributed by atoms with van der Waals surface area (Å²) in [6.45, 7) is 3.56. The first-order valence-electron chi connectivity index (χ1n) is 7.65. The number of esters is 1. The predicted molar refractivity (Wildman–Crippen MR) is 92.9 cm³/mol. The summed E-state index contributed by atoms with van der Waals surface area (Å²) in [6.07, 6.45) is 1.31. The molecule has 1 fully saturated rings. The van der Waals surface area contributed by atoms with Crippen molar-refractivity contribution >= 4 is 28.0 Å². The molecule has 0 saturated carbocycles. The third-order valence-corrected chi connectivity index (χ3v) is 3.90. The van der Waals surface area contributed by atoms with Gasteiger partial charge in [0.1, 0.15) is 12.6 Å². The summed E-state index contributed by atoms with van der Waals surface area (Å²) < 4.78 is 17.2. The Bertz CT molecular complexity index is 756. The van der Waals surface area contributed by atoms with E-state index in [1.54, 1.807) is 0 Å². The van der Waals surface area contributed by atoms with Crippen molar-refractivity contribution in [3.05, 3.63) is 37.6 Å². The predicted octanol–water partition coefficient (Wildman–Crippen LogP) is 0.300. The van der Waals surface area contributed by atoms with Crippen LogP contribution in [-0.2, 0) is 19.0 Å². The SMILES string of the molecule is CC(C)C(N)C(=O)OCC1OCC(n2cc(C=CBr)c(=O)[nH]c2=O)O1. The van der Waals surface area contributed by atoms with Crippen molar-refractivity contribution in [2.75, 3.05) is 13.2 Å². The van der Waals surface area contributed by atoms with Crippen LogP contribution in [0.1, 0.15) is 25.6 Å². The molecule has 3 N–H and O–H groups in total. The molecule has 2 heterocycles. The number of halogens is 1. The van der Waals surface area contributed by atoms with Crippen LogP contribution in [0.5, 0.6) is 0 Å². The van der Waals surface area contributed by atoms with Gasteiger partial charge in [0.15, 0.2) is 12.5 Å². The van der Waals surface area contributed by atoms with Gasteiger partial charge in [-0.05, 0) is 17.0 Å². The molecule has 138 valence electrons. The number of hydrogen-bond acceptors (Lipinski definition) is 7. The van der Waals surface area contributed by atoms with Crippen molar-refractivity contribution in [3.63, 3.8) is 0 Å². The molecule has 1 aliphatic rings. The molecule has 1 saturated heterocycles. The van der Waals surface area contributed by atoms with Crippen LogP contribution in [0.15, 0.2) is 20.8 Å². The van der Waals surface area contributed by atoms with Crippen LogP contribution in [0.4, 0.5) is 0 Å². The number of ether oxygens (including phenoxy) is 3. The fourth-order valence-electron chi connectivity index (χ4n) is 2.10. The average Bonchev–Trinajstić information content (AvgIpc) is 3.03. The molecule has 0 aromatic carbocycles. The van der Waals surface area contributed by atoms with Crippen LogP contribution >= 0.6 is 15.9 Å². The van der Waals surface area contributed by atoms with Crippen LogP contribution in [0.3, 0.4) is 0 Å². The fourth-order valence-corrected chi connectivity index (χ4v) is 2.38. The topological polar surface area (TPSA) is 126 Å². The van der Waals surface area contributed by atoms with Gasteiger partial charge in [-0.15, -0.1) is 0 Å². The summed E-state index contributed by atoms with van der Waals surface area (Å²) >= 11 is 3.08. The van der Waals surface area contributed by atoms with Gasteiger partial charge in [-0.25, -0.2) is 4.79 Å². The molecular formula is C15H20BrN3O6. The maximum Gasteiger partial charge on any atom is 0.330 e. The lowest BCUT2D eigenvalue weighted by molar-refractivity contribution is -0.161. The number of nitrogens with two attached hydrogens (primary N) is 1. The van der Waals surface area contributed by atoms with Crippen LogP contribution in [0.25, 0.3) is 6.08 Å². The lowest BCUT2D eigenvalue weighted by Crippen LogP contribution is -2.38. The molecule has 2 rings (SSSR count). The summed E-state index contributed by atoms with van der Waals surface area (Å²) in [5.74, 6) is -0.595. The number of H-pyrrole nitrogens is 1. The molecule has 0 amide bonds. The minimum absolute atomic E-state index is 0.0497. The van der Waals surface area contributed by atoms with Gasteiger partial charge >= 0.3 is 11.7 Å². The molecule has 0 aliphatic carbocycles. The Morgan fingerprint density at radius 2 is 2.28 bits per heavy atom. The summed E-state index contributed by atoms with van der Waals surface area (Å²) in [6, 6.07) is -0.724. The highest BCUT2D eigenvalue weighted by molar-refractivity contribution is 9.11. The summed E-state index contributed by atoms with van der Waals surface area (Å²) in [7, 11) is 0. The van der Waals surface area contributed by atoms with Crippen molar-refractivity contribution in [3.8, 4) is 0 Å². The van der Waals surface area contributed by atoms with Crippen molar-refractivity contribution in [1.29, 1.82) is 0 Å². The van der Waals surface area contributed by atoms with Gasteiger partial charge in [-0.2, -0.15) is 0 Å². The van der Waals surface area contributed by atoms with E-state index in [0.717, 1.165) is 0 Å². The van der Waals surface area contributed by atoms with Crippen LogP contribution < -0.4 is 17.0 Å².